The van der Waals surface area contributed by atoms with E-state index in [2.05, 4.69) is 38.6 Å². The molecular weight excluding hydrogens is 458 g/mol. The van der Waals surface area contributed by atoms with Gasteiger partial charge in [0.15, 0.2) is 0 Å². The topological polar surface area (TPSA) is 86.4 Å². The summed E-state index contributed by atoms with van der Waals surface area (Å²) in [5.74, 6) is 1.75. The van der Waals surface area contributed by atoms with E-state index in [1.807, 2.05) is 19.0 Å². The van der Waals surface area contributed by atoms with Gasteiger partial charge in [-0.05, 0) is 63.4 Å². The number of amides is 2. The van der Waals surface area contributed by atoms with Crippen LogP contribution in [0.25, 0.3) is 0 Å². The molecular formula is C27H43N5O4. The van der Waals surface area contributed by atoms with Crippen LogP contribution in [0, 0.1) is 11.8 Å². The van der Waals surface area contributed by atoms with E-state index < -0.39 is 0 Å². The van der Waals surface area contributed by atoms with Crippen LogP contribution in [0.4, 0.5) is 5.69 Å². The number of nitrogens with zero attached hydrogens (tertiary/aromatic N) is 3. The first-order valence-electron chi connectivity index (χ1n) is 13.5. The summed E-state index contributed by atoms with van der Waals surface area (Å²) >= 11 is 0. The maximum absolute atomic E-state index is 13.0. The van der Waals surface area contributed by atoms with E-state index in [9.17, 15) is 9.59 Å². The van der Waals surface area contributed by atoms with Gasteiger partial charge in [-0.15, -0.1) is 0 Å². The maximum Gasteiger partial charge on any atom is 0.236 e. The zero-order chi connectivity index (χ0) is 25.3. The molecule has 2 fully saturated rings. The molecule has 36 heavy (non-hydrogen) atoms. The molecule has 3 aliphatic heterocycles. The van der Waals surface area contributed by atoms with Gasteiger partial charge in [0.2, 0.25) is 11.8 Å². The van der Waals surface area contributed by atoms with Crippen molar-refractivity contribution in [1.82, 2.24) is 20.4 Å². The van der Waals surface area contributed by atoms with E-state index in [1.165, 1.54) is 5.69 Å². The Labute approximate surface area is 215 Å². The molecule has 3 heterocycles. The lowest BCUT2D eigenvalue weighted by Crippen LogP contribution is -2.47. The molecule has 0 radical (unpaired) electrons. The minimum absolute atomic E-state index is 0.118. The first kappa shape index (κ1) is 26.7. The summed E-state index contributed by atoms with van der Waals surface area (Å²) in [6.07, 6.45) is 3.27. The second kappa shape index (κ2) is 13.3. The molecule has 1 aromatic carbocycles. The van der Waals surface area contributed by atoms with E-state index in [0.29, 0.717) is 44.5 Å². The molecule has 2 bridgehead atoms. The summed E-state index contributed by atoms with van der Waals surface area (Å²) in [7, 11) is 4.01. The van der Waals surface area contributed by atoms with Gasteiger partial charge in [0.25, 0.3) is 0 Å². The van der Waals surface area contributed by atoms with E-state index in [4.69, 9.17) is 9.47 Å². The number of ether oxygens (including phenoxy) is 2. The Balaban J connectivity index is 1.39. The minimum Gasteiger partial charge on any atom is -0.493 e. The molecule has 2 saturated heterocycles. The lowest BCUT2D eigenvalue weighted by atomic mass is 9.80. The highest BCUT2D eigenvalue weighted by atomic mass is 16.5. The molecule has 0 aliphatic carbocycles. The normalized spacial score (nSPS) is 23.7. The number of carbonyl (C=O) groups excluding carboxylic acids is 2. The number of hydrogen-bond donors (Lipinski definition) is 2. The van der Waals surface area contributed by atoms with Gasteiger partial charge in [-0.3, -0.25) is 9.59 Å². The van der Waals surface area contributed by atoms with Crippen LogP contribution in [-0.4, -0.2) is 101 Å². The highest BCUT2D eigenvalue weighted by Crippen LogP contribution is 2.31. The number of likely N-dealkylation sites (N-methyl/N-ethyl adjacent to an activating group) is 1. The van der Waals surface area contributed by atoms with E-state index in [1.54, 1.807) is 0 Å². The van der Waals surface area contributed by atoms with Crippen LogP contribution in [0.1, 0.15) is 31.2 Å². The van der Waals surface area contributed by atoms with Gasteiger partial charge in [0, 0.05) is 63.5 Å². The number of nitrogens with one attached hydrogen (secondary N) is 2. The quantitative estimate of drug-likeness (QED) is 0.608. The SMILES string of the molecule is CN(C)CCNC(=O)C[C@@H]1CCN2C[C@@H]1CCCOc1ccc(N3CCOCC3)cc1CNCC2=O. The van der Waals surface area contributed by atoms with Crippen molar-refractivity contribution in [3.63, 3.8) is 0 Å². The lowest BCUT2D eigenvalue weighted by Gasteiger charge is -2.38. The molecule has 0 saturated carbocycles. The maximum atomic E-state index is 13.0. The van der Waals surface area contributed by atoms with Gasteiger partial charge in [0.1, 0.15) is 5.75 Å². The fraction of sp³-hybridized carbons (Fsp3) is 0.704. The molecule has 9 nitrogen and oxygen atoms in total. The highest BCUT2D eigenvalue weighted by molar-refractivity contribution is 5.78. The smallest absolute Gasteiger partial charge is 0.236 e. The molecule has 0 aromatic heterocycles. The predicted molar refractivity (Wildman–Crippen MR) is 140 cm³/mol. The number of benzene rings is 1. The van der Waals surface area contributed by atoms with E-state index in [0.717, 1.165) is 76.5 Å². The van der Waals surface area contributed by atoms with Gasteiger partial charge in [-0.25, -0.2) is 0 Å². The number of anilines is 1. The number of piperidine rings is 1. The first-order valence-corrected chi connectivity index (χ1v) is 13.5. The number of morpholine rings is 1. The van der Waals surface area contributed by atoms with Crippen LogP contribution in [0.5, 0.6) is 5.75 Å². The van der Waals surface area contributed by atoms with Crippen molar-refractivity contribution in [3.8, 4) is 5.75 Å². The zero-order valence-electron chi connectivity index (χ0n) is 22.0. The number of rotatable bonds is 6. The standard InChI is InChI=1S/C27H43N5O4/c1-30(2)10-8-29-26(33)17-21-7-9-32-20-22(21)4-3-13-36-25-6-5-24(31-11-14-35-15-12-31)16-23(25)18-28-19-27(32)34/h5-6,16,21-22,28H,3-4,7-15,17-20H2,1-2H3,(H,29,33)/t21-,22-/m0/s1. The summed E-state index contributed by atoms with van der Waals surface area (Å²) in [4.78, 5) is 32.0. The van der Waals surface area contributed by atoms with Crippen LogP contribution < -0.4 is 20.3 Å². The third-order valence-corrected chi connectivity index (χ3v) is 7.56. The number of fused-ring (bicyclic) bond motifs is 3. The van der Waals surface area contributed by atoms with Crippen molar-refractivity contribution in [1.29, 1.82) is 0 Å². The molecule has 200 valence electrons. The van der Waals surface area contributed by atoms with Gasteiger partial charge < -0.3 is 34.8 Å². The highest BCUT2D eigenvalue weighted by Gasteiger charge is 2.32. The summed E-state index contributed by atoms with van der Waals surface area (Å²) in [6.45, 7) is 7.75. The largest absolute Gasteiger partial charge is 0.493 e. The van der Waals surface area contributed by atoms with Crippen molar-refractivity contribution >= 4 is 17.5 Å². The van der Waals surface area contributed by atoms with Crippen LogP contribution >= 0.6 is 0 Å². The van der Waals surface area contributed by atoms with Crippen molar-refractivity contribution in [2.24, 2.45) is 11.8 Å². The summed E-state index contributed by atoms with van der Waals surface area (Å²) in [5, 5.41) is 6.41. The fourth-order valence-corrected chi connectivity index (χ4v) is 5.44. The average Bonchev–Trinajstić information content (AvgIpc) is 2.88. The molecule has 0 spiro atoms. The van der Waals surface area contributed by atoms with Crippen molar-refractivity contribution < 1.29 is 19.1 Å². The van der Waals surface area contributed by atoms with Crippen LogP contribution in [0.2, 0.25) is 0 Å². The average molecular weight is 502 g/mol. The van der Waals surface area contributed by atoms with Crippen LogP contribution in [0.3, 0.4) is 0 Å². The Kier molecular flexibility index (Phi) is 9.83. The second-order valence-corrected chi connectivity index (χ2v) is 10.5. The second-order valence-electron chi connectivity index (χ2n) is 10.5. The number of hydrogen-bond acceptors (Lipinski definition) is 7. The summed E-state index contributed by atoms with van der Waals surface area (Å²) in [5.41, 5.74) is 2.25. The van der Waals surface area contributed by atoms with Crippen molar-refractivity contribution in [2.45, 2.75) is 32.2 Å². The van der Waals surface area contributed by atoms with Crippen molar-refractivity contribution in [3.05, 3.63) is 23.8 Å². The first-order chi connectivity index (χ1) is 17.5. The molecule has 2 N–H and O–H groups in total. The van der Waals surface area contributed by atoms with E-state index in [-0.39, 0.29) is 11.8 Å². The Hall–Kier alpha value is -2.36. The molecule has 3 aliphatic rings. The third-order valence-electron chi connectivity index (χ3n) is 7.56. The Morgan fingerprint density at radius 1 is 1.11 bits per heavy atom. The minimum atomic E-state index is 0.118. The molecule has 2 amide bonds. The van der Waals surface area contributed by atoms with Gasteiger partial charge >= 0.3 is 0 Å². The van der Waals surface area contributed by atoms with Crippen LogP contribution in [0.15, 0.2) is 18.2 Å². The lowest BCUT2D eigenvalue weighted by molar-refractivity contribution is -0.133. The molecule has 4 rings (SSSR count). The van der Waals surface area contributed by atoms with Crippen LogP contribution in [-0.2, 0) is 20.9 Å². The van der Waals surface area contributed by atoms with Gasteiger partial charge in [0.05, 0.1) is 26.4 Å². The molecule has 2 atom stereocenters. The Morgan fingerprint density at radius 2 is 1.94 bits per heavy atom. The van der Waals surface area contributed by atoms with Gasteiger partial charge in [-0.1, -0.05) is 0 Å². The summed E-state index contributed by atoms with van der Waals surface area (Å²) in [6, 6.07) is 6.37. The third kappa shape index (κ3) is 7.57. The van der Waals surface area contributed by atoms with Crippen molar-refractivity contribution in [2.75, 3.05) is 84.6 Å². The monoisotopic (exact) mass is 501 g/mol. The van der Waals surface area contributed by atoms with E-state index >= 15 is 0 Å². The predicted octanol–water partition coefficient (Wildman–Crippen LogP) is 1.32. The fourth-order valence-electron chi connectivity index (χ4n) is 5.44. The molecule has 0 unspecified atom stereocenters. The molecule has 9 heteroatoms. The zero-order valence-corrected chi connectivity index (χ0v) is 22.0. The Bertz CT molecular complexity index is 874. The Morgan fingerprint density at radius 3 is 2.75 bits per heavy atom. The number of carbonyl (C=O) groups is 2. The molecule has 1 aromatic rings. The summed E-state index contributed by atoms with van der Waals surface area (Å²) < 4.78 is 11.7. The van der Waals surface area contributed by atoms with Gasteiger partial charge in [-0.2, -0.15) is 0 Å².